The van der Waals surface area contributed by atoms with Crippen molar-refractivity contribution >= 4 is 28.8 Å². The van der Waals surface area contributed by atoms with Crippen LogP contribution in [0.15, 0.2) is 97.0 Å². The number of aliphatic hydroxyl groups excluding tert-OH is 1. The molecule has 0 bridgehead atoms. The molecule has 1 amide bonds. The van der Waals surface area contributed by atoms with Crippen molar-refractivity contribution in [3.05, 3.63) is 103 Å². The van der Waals surface area contributed by atoms with E-state index in [9.17, 15) is 15.2 Å². The molecule has 9 heteroatoms. The summed E-state index contributed by atoms with van der Waals surface area (Å²) in [6, 6.07) is 26.6. The van der Waals surface area contributed by atoms with Gasteiger partial charge in [-0.2, -0.15) is 5.26 Å². The van der Waals surface area contributed by atoms with Crippen LogP contribution >= 0.6 is 0 Å². The SMILES string of the molecule is CC(C)(CO)NC(=O)C(C#N)=Cc1cccc(-n2cc(-c3ccc(Oc4ccccc4)cc3)c3c(N)ncnc32)c1. The standard InChI is InChI=1S/C32H28N6O3/c1-32(2,19-39)37-31(40)23(17-33)15-21-7-6-8-24(16-21)38-18-27(28-29(34)35-20-36-30(28)38)22-11-13-26(14-12-22)41-25-9-4-3-5-10-25/h3-16,18,20,39H,19H2,1-2H3,(H,37,40)(H2,34,35,36). The number of para-hydroxylation sites is 1. The maximum atomic E-state index is 12.6. The van der Waals surface area contributed by atoms with E-state index in [-0.39, 0.29) is 12.2 Å². The Labute approximate surface area is 237 Å². The number of benzene rings is 3. The van der Waals surface area contributed by atoms with Gasteiger partial charge in [-0.25, -0.2) is 9.97 Å². The van der Waals surface area contributed by atoms with Crippen molar-refractivity contribution in [1.29, 1.82) is 5.26 Å². The van der Waals surface area contributed by atoms with Gasteiger partial charge in [0.15, 0.2) is 5.65 Å². The Hall–Kier alpha value is -5.46. The van der Waals surface area contributed by atoms with Gasteiger partial charge in [-0.05, 0) is 67.4 Å². The second kappa shape index (κ2) is 11.3. The fourth-order valence-electron chi connectivity index (χ4n) is 4.32. The molecule has 0 fully saturated rings. The highest BCUT2D eigenvalue weighted by atomic mass is 16.5. The van der Waals surface area contributed by atoms with Gasteiger partial charge in [0.1, 0.15) is 35.3 Å². The largest absolute Gasteiger partial charge is 0.457 e. The van der Waals surface area contributed by atoms with Crippen molar-refractivity contribution in [2.75, 3.05) is 12.3 Å². The third kappa shape index (κ3) is 5.93. The highest BCUT2D eigenvalue weighted by molar-refractivity contribution is 6.03. The number of carbonyl (C=O) groups is 1. The summed E-state index contributed by atoms with van der Waals surface area (Å²) in [6.45, 7) is 3.09. The Balaban J connectivity index is 1.51. The van der Waals surface area contributed by atoms with Crippen LogP contribution in [0.2, 0.25) is 0 Å². The summed E-state index contributed by atoms with van der Waals surface area (Å²) in [6.07, 6.45) is 4.86. The number of rotatable bonds is 8. The van der Waals surface area contributed by atoms with Crippen molar-refractivity contribution < 1.29 is 14.6 Å². The number of aromatic nitrogens is 3. The normalized spacial score (nSPS) is 11.7. The van der Waals surface area contributed by atoms with E-state index in [1.165, 1.54) is 12.4 Å². The van der Waals surface area contributed by atoms with Crippen LogP contribution in [-0.4, -0.2) is 37.7 Å². The first-order chi connectivity index (χ1) is 19.8. The zero-order chi connectivity index (χ0) is 29.0. The maximum absolute atomic E-state index is 12.6. The van der Waals surface area contributed by atoms with Crippen LogP contribution in [0.25, 0.3) is 33.9 Å². The highest BCUT2D eigenvalue weighted by Crippen LogP contribution is 2.35. The number of carbonyl (C=O) groups excluding carboxylic acids is 1. The quantitative estimate of drug-likeness (QED) is 0.179. The molecular formula is C32H28N6O3. The molecule has 41 heavy (non-hydrogen) atoms. The number of nitrogens with zero attached hydrogens (tertiary/aromatic N) is 4. The summed E-state index contributed by atoms with van der Waals surface area (Å²) in [7, 11) is 0. The molecule has 0 aliphatic carbocycles. The lowest BCUT2D eigenvalue weighted by Crippen LogP contribution is -2.46. The number of hydrogen-bond donors (Lipinski definition) is 3. The molecule has 0 saturated heterocycles. The molecule has 2 heterocycles. The van der Waals surface area contributed by atoms with Crippen molar-refractivity contribution in [2.24, 2.45) is 0 Å². The molecule has 204 valence electrons. The minimum absolute atomic E-state index is 0.0777. The number of hydrogen-bond acceptors (Lipinski definition) is 7. The molecule has 0 atom stereocenters. The van der Waals surface area contributed by atoms with Crippen molar-refractivity contribution in [3.63, 3.8) is 0 Å². The van der Waals surface area contributed by atoms with Crippen molar-refractivity contribution in [1.82, 2.24) is 19.9 Å². The Morgan fingerprint density at radius 2 is 1.80 bits per heavy atom. The predicted octanol–water partition coefficient (Wildman–Crippen LogP) is 5.26. The Bertz CT molecular complexity index is 1780. The molecular weight excluding hydrogens is 516 g/mol. The van der Waals surface area contributed by atoms with E-state index in [0.29, 0.717) is 28.2 Å². The van der Waals surface area contributed by atoms with Gasteiger partial charge in [-0.3, -0.25) is 4.79 Å². The molecule has 2 aromatic heterocycles. The average Bonchev–Trinajstić information content (AvgIpc) is 3.38. The first-order valence-electron chi connectivity index (χ1n) is 12.9. The molecule has 9 nitrogen and oxygen atoms in total. The molecule has 4 N–H and O–H groups in total. The third-order valence-electron chi connectivity index (χ3n) is 6.43. The predicted molar refractivity (Wildman–Crippen MR) is 158 cm³/mol. The number of amides is 1. The van der Waals surface area contributed by atoms with Gasteiger partial charge in [0.05, 0.1) is 17.5 Å². The number of aliphatic hydroxyl groups is 1. The van der Waals surface area contributed by atoms with Gasteiger partial charge in [-0.1, -0.05) is 42.5 Å². The van der Waals surface area contributed by atoms with Gasteiger partial charge in [-0.15, -0.1) is 0 Å². The van der Waals surface area contributed by atoms with E-state index in [0.717, 1.165) is 22.6 Å². The number of fused-ring (bicyclic) bond motifs is 1. The van der Waals surface area contributed by atoms with Gasteiger partial charge in [0.2, 0.25) is 0 Å². The monoisotopic (exact) mass is 544 g/mol. The lowest BCUT2D eigenvalue weighted by atomic mass is 10.1. The average molecular weight is 545 g/mol. The summed E-state index contributed by atoms with van der Waals surface area (Å²) in [5.41, 5.74) is 9.15. The van der Waals surface area contributed by atoms with Crippen molar-refractivity contribution in [3.8, 4) is 34.4 Å². The van der Waals surface area contributed by atoms with E-state index in [4.69, 9.17) is 10.5 Å². The van der Waals surface area contributed by atoms with Gasteiger partial charge in [0, 0.05) is 17.4 Å². The zero-order valence-electron chi connectivity index (χ0n) is 22.6. The lowest BCUT2D eigenvalue weighted by molar-refractivity contribution is -0.119. The number of nitriles is 1. The molecule has 0 saturated carbocycles. The molecule has 5 rings (SSSR count). The fraction of sp³-hybridized carbons (Fsp3) is 0.125. The van der Waals surface area contributed by atoms with Gasteiger partial charge >= 0.3 is 0 Å². The number of ether oxygens (including phenoxy) is 1. The fourth-order valence-corrected chi connectivity index (χ4v) is 4.32. The molecule has 0 radical (unpaired) electrons. The van der Waals surface area contributed by atoms with E-state index < -0.39 is 11.4 Å². The van der Waals surface area contributed by atoms with E-state index >= 15 is 0 Å². The van der Waals surface area contributed by atoms with Crippen LogP contribution in [-0.2, 0) is 4.79 Å². The molecule has 0 spiro atoms. The van der Waals surface area contributed by atoms with Crippen LogP contribution in [0.1, 0.15) is 19.4 Å². The Morgan fingerprint density at radius 1 is 1.07 bits per heavy atom. The summed E-state index contributed by atoms with van der Waals surface area (Å²) in [5, 5.41) is 22.5. The van der Waals surface area contributed by atoms with E-state index in [1.54, 1.807) is 19.9 Å². The summed E-state index contributed by atoms with van der Waals surface area (Å²) in [4.78, 5) is 21.4. The number of nitrogen functional groups attached to an aromatic ring is 1. The highest BCUT2D eigenvalue weighted by Gasteiger charge is 2.22. The molecule has 0 aliphatic rings. The second-order valence-electron chi connectivity index (χ2n) is 10.1. The van der Waals surface area contributed by atoms with Gasteiger partial charge in [0.25, 0.3) is 5.91 Å². The third-order valence-corrected chi connectivity index (χ3v) is 6.43. The summed E-state index contributed by atoms with van der Waals surface area (Å²) < 4.78 is 7.83. The molecule has 5 aromatic rings. The van der Waals surface area contributed by atoms with E-state index in [1.807, 2.05) is 89.6 Å². The smallest absolute Gasteiger partial charge is 0.262 e. The van der Waals surface area contributed by atoms with Crippen LogP contribution in [0, 0.1) is 11.3 Å². The minimum Gasteiger partial charge on any atom is -0.457 e. The minimum atomic E-state index is -0.860. The molecule has 0 unspecified atom stereocenters. The Kier molecular flexibility index (Phi) is 7.50. The lowest BCUT2D eigenvalue weighted by Gasteiger charge is -2.23. The first kappa shape index (κ1) is 27.1. The number of nitrogens with one attached hydrogen (secondary N) is 1. The number of nitrogens with two attached hydrogens (primary N) is 1. The topological polar surface area (TPSA) is 139 Å². The van der Waals surface area contributed by atoms with Crippen molar-refractivity contribution in [2.45, 2.75) is 19.4 Å². The van der Waals surface area contributed by atoms with Crippen LogP contribution in [0.3, 0.4) is 0 Å². The summed E-state index contributed by atoms with van der Waals surface area (Å²) in [5.74, 6) is 1.23. The summed E-state index contributed by atoms with van der Waals surface area (Å²) >= 11 is 0. The van der Waals surface area contributed by atoms with E-state index in [2.05, 4.69) is 15.3 Å². The number of anilines is 1. The molecule has 3 aromatic carbocycles. The van der Waals surface area contributed by atoms with Gasteiger partial charge < -0.3 is 25.5 Å². The van der Waals surface area contributed by atoms with Crippen LogP contribution < -0.4 is 15.8 Å². The Morgan fingerprint density at radius 3 is 2.51 bits per heavy atom. The van der Waals surface area contributed by atoms with Crippen LogP contribution in [0.4, 0.5) is 5.82 Å². The second-order valence-corrected chi connectivity index (χ2v) is 10.1. The maximum Gasteiger partial charge on any atom is 0.262 e. The molecule has 0 aliphatic heterocycles. The zero-order valence-corrected chi connectivity index (χ0v) is 22.6. The van der Waals surface area contributed by atoms with Crippen LogP contribution in [0.5, 0.6) is 11.5 Å². The first-order valence-corrected chi connectivity index (χ1v) is 12.9.